The average Bonchev–Trinajstić information content (AvgIpc) is 2.55. The van der Waals surface area contributed by atoms with Crippen LogP contribution in [0.1, 0.15) is 5.56 Å². The summed E-state index contributed by atoms with van der Waals surface area (Å²) in [4.78, 5) is 37.5. The Balaban J connectivity index is 2.07. The molecule has 1 saturated heterocycles. The minimum atomic E-state index is -0.931. The quantitative estimate of drug-likeness (QED) is 0.638. The van der Waals surface area contributed by atoms with Gasteiger partial charge in [0.15, 0.2) is 0 Å². The van der Waals surface area contributed by atoms with Gasteiger partial charge in [-0.1, -0.05) is 29.3 Å². The fraction of sp³-hybridized carbons (Fsp3) is 0. The van der Waals surface area contributed by atoms with E-state index in [1.807, 2.05) is 5.32 Å². The highest BCUT2D eigenvalue weighted by Gasteiger charge is 2.37. The van der Waals surface area contributed by atoms with Gasteiger partial charge in [-0.05, 0) is 42.5 Å². The van der Waals surface area contributed by atoms with Gasteiger partial charge in [0.25, 0.3) is 11.8 Å². The first-order chi connectivity index (χ1) is 11.9. The molecular formula is C17H9Cl2FN2O3. The second-order valence-electron chi connectivity index (χ2n) is 5.07. The Bertz CT molecular complexity index is 906. The van der Waals surface area contributed by atoms with Crippen LogP contribution < -0.4 is 10.2 Å². The molecule has 5 nitrogen and oxygen atoms in total. The Labute approximate surface area is 151 Å². The van der Waals surface area contributed by atoms with E-state index in [-0.39, 0.29) is 16.3 Å². The largest absolute Gasteiger partial charge is 0.335 e. The van der Waals surface area contributed by atoms with Gasteiger partial charge in [0.2, 0.25) is 0 Å². The first-order valence-electron chi connectivity index (χ1n) is 6.99. The molecule has 0 spiro atoms. The molecule has 8 heteroatoms. The predicted octanol–water partition coefficient (Wildman–Crippen LogP) is 3.80. The lowest BCUT2D eigenvalue weighted by atomic mass is 10.1. The topological polar surface area (TPSA) is 66.5 Å². The fourth-order valence-electron chi connectivity index (χ4n) is 2.28. The third kappa shape index (κ3) is 3.26. The lowest BCUT2D eigenvalue weighted by Gasteiger charge is -2.26. The molecule has 0 saturated carbocycles. The zero-order valence-electron chi connectivity index (χ0n) is 12.4. The Morgan fingerprint density at radius 1 is 1.00 bits per heavy atom. The highest BCUT2D eigenvalue weighted by molar-refractivity contribution is 6.40. The molecule has 3 rings (SSSR count). The lowest BCUT2D eigenvalue weighted by Crippen LogP contribution is -2.54. The molecule has 0 bridgehead atoms. The number of imide groups is 2. The van der Waals surface area contributed by atoms with Crippen molar-refractivity contribution in [2.24, 2.45) is 0 Å². The van der Waals surface area contributed by atoms with Crippen LogP contribution in [0.25, 0.3) is 6.08 Å². The van der Waals surface area contributed by atoms with Crippen molar-refractivity contribution in [1.82, 2.24) is 5.32 Å². The molecule has 2 aromatic carbocycles. The summed E-state index contributed by atoms with van der Waals surface area (Å²) in [6, 6.07) is 8.93. The number of benzene rings is 2. The van der Waals surface area contributed by atoms with Crippen molar-refractivity contribution in [2.75, 3.05) is 4.90 Å². The molecule has 1 heterocycles. The maximum atomic E-state index is 13.9. The number of carbonyl (C=O) groups is 3. The van der Waals surface area contributed by atoms with Gasteiger partial charge in [0, 0.05) is 10.6 Å². The molecule has 4 amide bonds. The number of halogens is 3. The van der Waals surface area contributed by atoms with Crippen LogP contribution in [0.2, 0.25) is 10.0 Å². The van der Waals surface area contributed by atoms with Crippen molar-refractivity contribution in [2.45, 2.75) is 0 Å². The first-order valence-corrected chi connectivity index (χ1v) is 7.75. The SMILES string of the molecule is O=C1NC(=O)N(c2ccc(Cl)cc2)C(=O)/C1=C/c1c(F)cccc1Cl. The highest BCUT2D eigenvalue weighted by atomic mass is 35.5. The average molecular weight is 379 g/mol. The number of hydrogen-bond donors (Lipinski definition) is 1. The van der Waals surface area contributed by atoms with Crippen LogP contribution in [-0.4, -0.2) is 17.8 Å². The number of barbiturate groups is 1. The van der Waals surface area contributed by atoms with Gasteiger partial charge in [0.1, 0.15) is 11.4 Å². The minimum absolute atomic E-state index is 0.0306. The van der Waals surface area contributed by atoms with E-state index < -0.39 is 29.2 Å². The van der Waals surface area contributed by atoms with Crippen molar-refractivity contribution in [3.05, 3.63) is 69.5 Å². The Hall–Kier alpha value is -2.70. The maximum Gasteiger partial charge on any atom is 0.335 e. The smallest absolute Gasteiger partial charge is 0.273 e. The highest BCUT2D eigenvalue weighted by Crippen LogP contribution is 2.26. The molecule has 0 unspecified atom stereocenters. The predicted molar refractivity (Wildman–Crippen MR) is 91.9 cm³/mol. The van der Waals surface area contributed by atoms with Gasteiger partial charge in [-0.2, -0.15) is 0 Å². The van der Waals surface area contributed by atoms with E-state index in [1.165, 1.54) is 36.4 Å². The monoisotopic (exact) mass is 378 g/mol. The van der Waals surface area contributed by atoms with Gasteiger partial charge in [-0.25, -0.2) is 14.1 Å². The van der Waals surface area contributed by atoms with Gasteiger partial charge in [-0.3, -0.25) is 14.9 Å². The summed E-state index contributed by atoms with van der Waals surface area (Å²) in [6.07, 6.45) is 1.02. The molecule has 126 valence electrons. The Kier molecular flexibility index (Phi) is 4.57. The van der Waals surface area contributed by atoms with Crippen LogP contribution in [-0.2, 0) is 9.59 Å². The molecule has 0 radical (unpaired) electrons. The normalized spacial score (nSPS) is 16.4. The molecule has 1 N–H and O–H groups in total. The van der Waals surface area contributed by atoms with E-state index in [1.54, 1.807) is 0 Å². The van der Waals surface area contributed by atoms with Crippen molar-refractivity contribution >= 4 is 52.8 Å². The summed E-state index contributed by atoms with van der Waals surface area (Å²) in [7, 11) is 0. The summed E-state index contributed by atoms with van der Waals surface area (Å²) in [5.41, 5.74) is -0.320. The Morgan fingerprint density at radius 3 is 2.32 bits per heavy atom. The van der Waals surface area contributed by atoms with Gasteiger partial charge in [0.05, 0.1) is 10.7 Å². The second kappa shape index (κ2) is 6.66. The zero-order valence-corrected chi connectivity index (χ0v) is 13.9. The van der Waals surface area contributed by atoms with Gasteiger partial charge < -0.3 is 0 Å². The van der Waals surface area contributed by atoms with Crippen LogP contribution >= 0.6 is 23.2 Å². The molecule has 1 aliphatic heterocycles. The third-order valence-corrected chi connectivity index (χ3v) is 4.06. The molecule has 0 atom stereocenters. The van der Waals surface area contributed by atoms with E-state index >= 15 is 0 Å². The van der Waals surface area contributed by atoms with Crippen molar-refractivity contribution in [3.63, 3.8) is 0 Å². The van der Waals surface area contributed by atoms with Crippen molar-refractivity contribution < 1.29 is 18.8 Å². The van der Waals surface area contributed by atoms with E-state index in [0.29, 0.717) is 5.02 Å². The molecule has 1 aliphatic rings. The molecular weight excluding hydrogens is 370 g/mol. The number of carbonyl (C=O) groups excluding carboxylic acids is 3. The van der Waals surface area contributed by atoms with E-state index in [2.05, 4.69) is 0 Å². The summed E-state index contributed by atoms with van der Waals surface area (Å²) in [6.45, 7) is 0. The molecule has 0 aromatic heterocycles. The van der Waals surface area contributed by atoms with Crippen LogP contribution in [0.15, 0.2) is 48.0 Å². The van der Waals surface area contributed by atoms with E-state index in [9.17, 15) is 18.8 Å². The number of rotatable bonds is 2. The summed E-state index contributed by atoms with van der Waals surface area (Å²) < 4.78 is 13.9. The maximum absolute atomic E-state index is 13.9. The number of hydrogen-bond acceptors (Lipinski definition) is 3. The van der Waals surface area contributed by atoms with Crippen LogP contribution in [0, 0.1) is 5.82 Å². The number of nitrogens with zero attached hydrogens (tertiary/aromatic N) is 1. The number of amides is 4. The lowest BCUT2D eigenvalue weighted by molar-refractivity contribution is -0.122. The molecule has 1 fully saturated rings. The molecule has 2 aromatic rings. The Morgan fingerprint density at radius 2 is 1.68 bits per heavy atom. The summed E-state index contributed by atoms with van der Waals surface area (Å²) in [5, 5.41) is 2.49. The third-order valence-electron chi connectivity index (χ3n) is 3.47. The number of anilines is 1. The standard InChI is InChI=1S/C17H9Cl2FN2O3/c18-9-4-6-10(7-5-9)22-16(24)12(15(23)21-17(22)25)8-11-13(19)2-1-3-14(11)20/h1-8H,(H,21,23,25)/b12-8+. The second-order valence-corrected chi connectivity index (χ2v) is 5.91. The summed E-state index contributed by atoms with van der Waals surface area (Å²) >= 11 is 11.7. The zero-order chi connectivity index (χ0) is 18.1. The van der Waals surface area contributed by atoms with Crippen LogP contribution in [0.3, 0.4) is 0 Å². The first kappa shape index (κ1) is 17.1. The number of nitrogens with one attached hydrogen (secondary N) is 1. The van der Waals surface area contributed by atoms with E-state index in [0.717, 1.165) is 17.0 Å². The number of urea groups is 1. The molecule has 25 heavy (non-hydrogen) atoms. The van der Waals surface area contributed by atoms with Gasteiger partial charge >= 0.3 is 6.03 Å². The fourth-order valence-corrected chi connectivity index (χ4v) is 2.62. The van der Waals surface area contributed by atoms with E-state index in [4.69, 9.17) is 23.2 Å². The van der Waals surface area contributed by atoms with Crippen LogP contribution in [0.5, 0.6) is 0 Å². The summed E-state index contributed by atoms with van der Waals surface area (Å²) in [5.74, 6) is -2.52. The molecule has 0 aliphatic carbocycles. The van der Waals surface area contributed by atoms with Crippen LogP contribution in [0.4, 0.5) is 14.9 Å². The van der Waals surface area contributed by atoms with Gasteiger partial charge in [-0.15, -0.1) is 0 Å². The van der Waals surface area contributed by atoms with Crippen molar-refractivity contribution in [1.29, 1.82) is 0 Å². The minimum Gasteiger partial charge on any atom is -0.273 e. The van der Waals surface area contributed by atoms with Crippen molar-refractivity contribution in [3.8, 4) is 0 Å².